The number of nitrogens with zero attached hydrogens (tertiary/aromatic N) is 2. The largest absolute Gasteiger partial charge is 0.371 e. The maximum Gasteiger partial charge on any atom is 0.197 e. The van der Waals surface area contributed by atoms with Gasteiger partial charge in [0.15, 0.2) is 5.16 Å². The summed E-state index contributed by atoms with van der Waals surface area (Å²) in [5.74, 6) is 0.500. The summed E-state index contributed by atoms with van der Waals surface area (Å²) in [6.45, 7) is 6.38. The van der Waals surface area contributed by atoms with E-state index in [0.29, 0.717) is 10.9 Å². The summed E-state index contributed by atoms with van der Waals surface area (Å²) in [4.78, 5) is 10.1. The van der Waals surface area contributed by atoms with E-state index in [1.807, 2.05) is 24.3 Å². The second-order valence-corrected chi connectivity index (χ2v) is 8.03. The summed E-state index contributed by atoms with van der Waals surface area (Å²) in [6, 6.07) is 12.3. The maximum absolute atomic E-state index is 13.0. The van der Waals surface area contributed by atoms with Gasteiger partial charge >= 0.3 is 0 Å². The van der Waals surface area contributed by atoms with Crippen LogP contribution in [-0.4, -0.2) is 27.3 Å². The number of fused-ring (bicyclic) bond motifs is 2. The van der Waals surface area contributed by atoms with E-state index in [-0.39, 0.29) is 0 Å². The van der Waals surface area contributed by atoms with E-state index >= 15 is 0 Å². The van der Waals surface area contributed by atoms with Crippen LogP contribution in [0.3, 0.4) is 0 Å². The fourth-order valence-corrected chi connectivity index (χ4v) is 4.84. The molecule has 1 aliphatic rings. The second kappa shape index (κ2) is 6.64. The monoisotopic (exact) mass is 353 g/mol. The molecule has 1 N–H and O–H groups in total. The zero-order valence-corrected chi connectivity index (χ0v) is 15.5. The van der Waals surface area contributed by atoms with E-state index in [1.165, 1.54) is 28.8 Å². The molecular weight excluding hydrogens is 330 g/mol. The van der Waals surface area contributed by atoms with Crippen molar-refractivity contribution in [3.63, 3.8) is 0 Å². The summed E-state index contributed by atoms with van der Waals surface area (Å²) in [6.07, 6.45) is 2.30. The Bertz CT molecular complexity index is 914. The lowest BCUT2D eigenvalue weighted by atomic mass is 9.96. The Morgan fingerprint density at radius 3 is 2.92 bits per heavy atom. The Morgan fingerprint density at radius 1 is 1.28 bits per heavy atom. The van der Waals surface area contributed by atoms with Crippen LogP contribution in [-0.2, 0) is 23.0 Å². The maximum atomic E-state index is 13.0. The third kappa shape index (κ3) is 3.09. The van der Waals surface area contributed by atoms with Gasteiger partial charge in [-0.15, -0.1) is 0 Å². The molecule has 0 bridgehead atoms. The van der Waals surface area contributed by atoms with Gasteiger partial charge < -0.3 is 9.88 Å². The van der Waals surface area contributed by atoms with Gasteiger partial charge in [-0.2, -0.15) is 0 Å². The quantitative estimate of drug-likeness (QED) is 0.772. The van der Waals surface area contributed by atoms with E-state index in [1.54, 1.807) is 0 Å². The molecule has 1 unspecified atom stereocenters. The minimum atomic E-state index is -1.18. The number of hydrogen-bond acceptors (Lipinski definition) is 3. The molecule has 4 rings (SSSR count). The lowest BCUT2D eigenvalue weighted by Gasteiger charge is -2.32. The molecule has 3 aromatic rings. The standard InChI is InChI=1S/C20H23N3OS/c1-3-23-10-6-7-15-11-14(2)12-16(19(15)23)13-25(24)20-21-17-8-4-5-9-18(17)22-20/h4-5,8-9,11-12H,3,6-7,10,13H2,1-2H3,(H,21,22). The molecule has 4 nitrogen and oxygen atoms in total. The first-order chi connectivity index (χ1) is 12.2. The van der Waals surface area contributed by atoms with Crippen LogP contribution >= 0.6 is 0 Å². The Balaban J connectivity index is 1.70. The fraction of sp³-hybridized carbons (Fsp3) is 0.350. The van der Waals surface area contributed by atoms with Gasteiger partial charge in [-0.3, -0.25) is 4.21 Å². The number of aromatic amines is 1. The molecular formula is C20H23N3OS. The highest BCUT2D eigenvalue weighted by molar-refractivity contribution is 7.84. The molecule has 0 amide bonds. The summed E-state index contributed by atoms with van der Waals surface area (Å²) < 4.78 is 13.0. The van der Waals surface area contributed by atoms with Crippen molar-refractivity contribution in [2.24, 2.45) is 0 Å². The van der Waals surface area contributed by atoms with Crippen LogP contribution in [0, 0.1) is 6.92 Å². The topological polar surface area (TPSA) is 49.0 Å². The molecule has 130 valence electrons. The highest BCUT2D eigenvalue weighted by atomic mass is 32.2. The van der Waals surface area contributed by atoms with Gasteiger partial charge in [0.05, 0.1) is 27.6 Å². The SMILES string of the molecule is CCN1CCCc2cc(C)cc(CS(=O)c3nc4ccccc4[nH]3)c21. The summed E-state index contributed by atoms with van der Waals surface area (Å²) >= 11 is 0. The molecule has 0 saturated heterocycles. The van der Waals surface area contributed by atoms with Crippen LogP contribution in [0.15, 0.2) is 41.6 Å². The number of H-pyrrole nitrogens is 1. The Kier molecular flexibility index (Phi) is 4.34. The first kappa shape index (κ1) is 16.3. The molecule has 0 spiro atoms. The summed E-state index contributed by atoms with van der Waals surface area (Å²) in [5.41, 5.74) is 6.91. The lowest BCUT2D eigenvalue weighted by Crippen LogP contribution is -2.30. The second-order valence-electron chi connectivity index (χ2n) is 6.66. The van der Waals surface area contributed by atoms with Crippen molar-refractivity contribution in [1.82, 2.24) is 9.97 Å². The van der Waals surface area contributed by atoms with Gasteiger partial charge in [-0.25, -0.2) is 4.98 Å². The Hall–Kier alpha value is -2.14. The van der Waals surface area contributed by atoms with Gasteiger partial charge in [-0.1, -0.05) is 29.8 Å². The van der Waals surface area contributed by atoms with Gasteiger partial charge in [0.2, 0.25) is 0 Å². The van der Waals surface area contributed by atoms with Crippen molar-refractivity contribution in [2.75, 3.05) is 18.0 Å². The average molecular weight is 353 g/mol. The van der Waals surface area contributed by atoms with Crippen LogP contribution in [0.4, 0.5) is 5.69 Å². The van der Waals surface area contributed by atoms with Crippen molar-refractivity contribution < 1.29 is 4.21 Å². The zero-order chi connectivity index (χ0) is 17.4. The molecule has 0 saturated carbocycles. The molecule has 0 aliphatic carbocycles. The average Bonchev–Trinajstić information content (AvgIpc) is 3.05. The van der Waals surface area contributed by atoms with Crippen molar-refractivity contribution in [3.05, 3.63) is 53.1 Å². The highest BCUT2D eigenvalue weighted by Crippen LogP contribution is 2.33. The zero-order valence-electron chi connectivity index (χ0n) is 14.7. The number of aryl methyl sites for hydroxylation is 2. The van der Waals surface area contributed by atoms with Crippen LogP contribution in [0.1, 0.15) is 30.0 Å². The van der Waals surface area contributed by atoms with Crippen molar-refractivity contribution in [3.8, 4) is 0 Å². The van der Waals surface area contributed by atoms with Gasteiger partial charge in [0.25, 0.3) is 0 Å². The lowest BCUT2D eigenvalue weighted by molar-refractivity contribution is 0.676. The Morgan fingerprint density at radius 2 is 2.12 bits per heavy atom. The van der Waals surface area contributed by atoms with E-state index in [0.717, 1.165) is 30.5 Å². The molecule has 2 heterocycles. The van der Waals surface area contributed by atoms with Gasteiger partial charge in [-0.05, 0) is 49.9 Å². The van der Waals surface area contributed by atoms with Crippen molar-refractivity contribution in [1.29, 1.82) is 0 Å². The first-order valence-corrected chi connectivity index (χ1v) is 10.2. The normalized spacial score (nSPS) is 15.4. The number of rotatable bonds is 4. The summed E-state index contributed by atoms with van der Waals surface area (Å²) in [7, 11) is -1.18. The van der Waals surface area contributed by atoms with Crippen LogP contribution in [0.5, 0.6) is 0 Å². The third-order valence-corrected chi connectivity index (χ3v) is 6.05. The highest BCUT2D eigenvalue weighted by Gasteiger charge is 2.22. The molecule has 0 radical (unpaired) electrons. The number of aromatic nitrogens is 2. The molecule has 1 aliphatic heterocycles. The molecule has 1 aromatic heterocycles. The number of anilines is 1. The molecule has 0 fully saturated rings. The predicted octanol–water partition coefficient (Wildman–Crippen LogP) is 3.95. The molecule has 2 aromatic carbocycles. The number of benzene rings is 2. The number of nitrogens with one attached hydrogen (secondary N) is 1. The van der Waals surface area contributed by atoms with E-state index in [2.05, 4.69) is 40.8 Å². The van der Waals surface area contributed by atoms with Crippen molar-refractivity contribution >= 4 is 27.5 Å². The van der Waals surface area contributed by atoms with Crippen LogP contribution in [0.2, 0.25) is 0 Å². The third-order valence-electron chi connectivity index (χ3n) is 4.85. The molecule has 5 heteroatoms. The molecule has 25 heavy (non-hydrogen) atoms. The minimum absolute atomic E-state index is 0.500. The summed E-state index contributed by atoms with van der Waals surface area (Å²) in [5, 5.41) is 0.565. The van der Waals surface area contributed by atoms with Crippen LogP contribution < -0.4 is 4.90 Å². The Labute approximate surface area is 150 Å². The molecule has 1 atom stereocenters. The predicted molar refractivity (Wildman–Crippen MR) is 104 cm³/mol. The van der Waals surface area contributed by atoms with E-state index < -0.39 is 10.8 Å². The van der Waals surface area contributed by atoms with Gasteiger partial charge in [0, 0.05) is 18.8 Å². The van der Waals surface area contributed by atoms with E-state index in [9.17, 15) is 4.21 Å². The number of para-hydroxylation sites is 2. The fourth-order valence-electron chi connectivity index (χ4n) is 3.78. The van der Waals surface area contributed by atoms with Gasteiger partial charge in [0.1, 0.15) is 0 Å². The number of hydrogen-bond donors (Lipinski definition) is 1. The minimum Gasteiger partial charge on any atom is -0.371 e. The first-order valence-electron chi connectivity index (χ1n) is 8.86. The number of imidazole rings is 1. The van der Waals surface area contributed by atoms with E-state index in [4.69, 9.17) is 0 Å². The van der Waals surface area contributed by atoms with Crippen molar-refractivity contribution in [2.45, 2.75) is 37.6 Å². The smallest absolute Gasteiger partial charge is 0.197 e. The van der Waals surface area contributed by atoms with Crippen LogP contribution in [0.25, 0.3) is 11.0 Å².